The van der Waals surface area contributed by atoms with E-state index in [2.05, 4.69) is 15.6 Å². The van der Waals surface area contributed by atoms with Crippen molar-refractivity contribution in [1.29, 1.82) is 0 Å². The Labute approximate surface area is 146 Å². The second-order valence-corrected chi connectivity index (χ2v) is 6.20. The van der Waals surface area contributed by atoms with Gasteiger partial charge in [0.1, 0.15) is 5.69 Å². The van der Waals surface area contributed by atoms with Gasteiger partial charge in [0.2, 0.25) is 5.76 Å². The highest BCUT2D eigenvalue weighted by Gasteiger charge is 2.13. The van der Waals surface area contributed by atoms with E-state index in [1.165, 1.54) is 5.56 Å². The smallest absolute Gasteiger partial charge is 0.289 e. The van der Waals surface area contributed by atoms with Crippen molar-refractivity contribution in [3.8, 4) is 11.3 Å². The molecule has 0 aliphatic carbocycles. The molecule has 1 amide bonds. The number of carbonyl (C=O) groups is 1. The Kier molecular flexibility index (Phi) is 4.97. The van der Waals surface area contributed by atoms with Crippen LogP contribution in [-0.2, 0) is 6.54 Å². The van der Waals surface area contributed by atoms with Crippen LogP contribution in [0.2, 0.25) is 0 Å². The molecule has 3 aromatic rings. The van der Waals surface area contributed by atoms with Gasteiger partial charge in [0.15, 0.2) is 0 Å². The average Bonchev–Trinajstić information content (AvgIpc) is 3.19. The standard InChI is InChI=1S/C19H22N4O2/c1-13-5-7-16(8-6-13)17-12-18(25-22-17)19(24)20-9-4-10-23-15(3)11-14(2)21-23/h5-8,11-12H,4,9-10H2,1-3H3,(H,20,24). The fourth-order valence-corrected chi connectivity index (χ4v) is 2.66. The second kappa shape index (κ2) is 7.34. The molecule has 6 nitrogen and oxygen atoms in total. The normalized spacial score (nSPS) is 10.8. The summed E-state index contributed by atoms with van der Waals surface area (Å²) in [6, 6.07) is 11.6. The number of hydrogen-bond donors (Lipinski definition) is 1. The Hall–Kier alpha value is -2.89. The molecule has 3 rings (SSSR count). The van der Waals surface area contributed by atoms with Crippen LogP contribution in [0.4, 0.5) is 0 Å². The molecular formula is C19H22N4O2. The van der Waals surface area contributed by atoms with Crippen molar-refractivity contribution >= 4 is 5.91 Å². The predicted octanol–water partition coefficient (Wildman–Crippen LogP) is 3.28. The zero-order chi connectivity index (χ0) is 17.8. The SMILES string of the molecule is Cc1ccc(-c2cc(C(=O)NCCCn3nc(C)cc3C)on2)cc1. The van der Waals surface area contributed by atoms with E-state index >= 15 is 0 Å². The van der Waals surface area contributed by atoms with Crippen LogP contribution < -0.4 is 5.32 Å². The summed E-state index contributed by atoms with van der Waals surface area (Å²) in [4.78, 5) is 12.2. The van der Waals surface area contributed by atoms with Gasteiger partial charge in [-0.1, -0.05) is 35.0 Å². The summed E-state index contributed by atoms with van der Waals surface area (Å²) < 4.78 is 7.12. The fourth-order valence-electron chi connectivity index (χ4n) is 2.66. The van der Waals surface area contributed by atoms with Crippen LogP contribution in [0.25, 0.3) is 11.3 Å². The summed E-state index contributed by atoms with van der Waals surface area (Å²) in [6.07, 6.45) is 0.798. The Morgan fingerprint density at radius 3 is 2.60 bits per heavy atom. The van der Waals surface area contributed by atoms with Crippen LogP contribution >= 0.6 is 0 Å². The number of nitrogens with one attached hydrogen (secondary N) is 1. The summed E-state index contributed by atoms with van der Waals surface area (Å²) >= 11 is 0. The number of carbonyl (C=O) groups excluding carboxylic acids is 1. The Morgan fingerprint density at radius 2 is 1.92 bits per heavy atom. The summed E-state index contributed by atoms with van der Waals surface area (Å²) in [5.41, 5.74) is 4.90. The molecule has 2 heterocycles. The molecule has 6 heteroatoms. The first-order chi connectivity index (χ1) is 12.0. The minimum Gasteiger partial charge on any atom is -0.350 e. The van der Waals surface area contributed by atoms with E-state index < -0.39 is 0 Å². The average molecular weight is 338 g/mol. The molecule has 0 saturated carbocycles. The lowest BCUT2D eigenvalue weighted by molar-refractivity contribution is 0.0916. The zero-order valence-electron chi connectivity index (χ0n) is 14.7. The van der Waals surface area contributed by atoms with Crippen molar-refractivity contribution < 1.29 is 9.32 Å². The minimum atomic E-state index is -0.251. The highest BCUT2D eigenvalue weighted by Crippen LogP contribution is 2.19. The van der Waals surface area contributed by atoms with Gasteiger partial charge < -0.3 is 9.84 Å². The number of aryl methyl sites for hydroxylation is 4. The molecule has 2 aromatic heterocycles. The fraction of sp³-hybridized carbons (Fsp3) is 0.316. The van der Waals surface area contributed by atoms with Crippen molar-refractivity contribution in [2.75, 3.05) is 6.54 Å². The second-order valence-electron chi connectivity index (χ2n) is 6.20. The maximum absolute atomic E-state index is 12.2. The molecular weight excluding hydrogens is 316 g/mol. The van der Waals surface area contributed by atoms with Gasteiger partial charge in [-0.05, 0) is 33.3 Å². The summed E-state index contributed by atoms with van der Waals surface area (Å²) in [7, 11) is 0. The van der Waals surface area contributed by atoms with Gasteiger partial charge in [-0.2, -0.15) is 5.10 Å². The minimum absolute atomic E-state index is 0.224. The van der Waals surface area contributed by atoms with Crippen molar-refractivity contribution in [2.45, 2.75) is 33.7 Å². The van der Waals surface area contributed by atoms with Gasteiger partial charge in [0.05, 0.1) is 5.69 Å². The molecule has 130 valence electrons. The van der Waals surface area contributed by atoms with E-state index in [9.17, 15) is 4.79 Å². The molecule has 0 atom stereocenters. The van der Waals surface area contributed by atoms with Crippen LogP contribution in [0.15, 0.2) is 40.9 Å². The number of aromatic nitrogens is 3. The first-order valence-electron chi connectivity index (χ1n) is 8.36. The number of benzene rings is 1. The highest BCUT2D eigenvalue weighted by molar-refractivity contribution is 5.92. The van der Waals surface area contributed by atoms with Gasteiger partial charge in [-0.15, -0.1) is 0 Å². The number of rotatable bonds is 6. The Morgan fingerprint density at radius 1 is 1.16 bits per heavy atom. The third kappa shape index (κ3) is 4.15. The molecule has 0 spiro atoms. The van der Waals surface area contributed by atoms with Crippen molar-refractivity contribution in [1.82, 2.24) is 20.3 Å². The predicted molar refractivity (Wildman–Crippen MR) is 95.3 cm³/mol. The summed E-state index contributed by atoms with van der Waals surface area (Å²) in [5.74, 6) is -0.0269. The topological polar surface area (TPSA) is 73.0 Å². The first-order valence-corrected chi connectivity index (χ1v) is 8.36. The molecule has 0 aliphatic rings. The maximum Gasteiger partial charge on any atom is 0.289 e. The number of hydrogen-bond acceptors (Lipinski definition) is 4. The van der Waals surface area contributed by atoms with Gasteiger partial charge in [-0.3, -0.25) is 9.48 Å². The highest BCUT2D eigenvalue weighted by atomic mass is 16.5. The van der Waals surface area contributed by atoms with Crippen molar-refractivity contribution in [2.24, 2.45) is 0 Å². The number of nitrogens with zero attached hydrogens (tertiary/aromatic N) is 3. The Balaban J connectivity index is 1.52. The lowest BCUT2D eigenvalue weighted by Gasteiger charge is -2.05. The van der Waals surface area contributed by atoms with Gasteiger partial charge >= 0.3 is 0 Å². The van der Waals surface area contributed by atoms with E-state index in [1.807, 2.05) is 55.8 Å². The van der Waals surface area contributed by atoms with Crippen LogP contribution in [0, 0.1) is 20.8 Å². The van der Waals surface area contributed by atoms with E-state index in [4.69, 9.17) is 4.52 Å². The molecule has 1 N–H and O–H groups in total. The molecule has 0 fully saturated rings. The first kappa shape index (κ1) is 17.0. The lowest BCUT2D eigenvalue weighted by Crippen LogP contribution is -2.25. The largest absolute Gasteiger partial charge is 0.350 e. The van der Waals surface area contributed by atoms with Crippen LogP contribution in [0.1, 0.15) is 33.9 Å². The van der Waals surface area contributed by atoms with Gasteiger partial charge in [0.25, 0.3) is 5.91 Å². The Bertz CT molecular complexity index is 862. The number of amides is 1. The third-order valence-electron chi connectivity index (χ3n) is 4.02. The third-order valence-corrected chi connectivity index (χ3v) is 4.02. The molecule has 1 aromatic carbocycles. The lowest BCUT2D eigenvalue weighted by atomic mass is 10.1. The summed E-state index contributed by atoms with van der Waals surface area (Å²) in [5, 5.41) is 11.2. The van der Waals surface area contributed by atoms with E-state index in [1.54, 1.807) is 6.07 Å². The quantitative estimate of drug-likeness (QED) is 0.700. The monoisotopic (exact) mass is 338 g/mol. The van der Waals surface area contributed by atoms with E-state index in [-0.39, 0.29) is 11.7 Å². The molecule has 0 bridgehead atoms. The molecule has 0 radical (unpaired) electrons. The van der Waals surface area contributed by atoms with Gasteiger partial charge in [-0.25, -0.2) is 0 Å². The summed E-state index contributed by atoms with van der Waals surface area (Å²) in [6.45, 7) is 7.35. The molecule has 25 heavy (non-hydrogen) atoms. The van der Waals surface area contributed by atoms with Crippen LogP contribution in [0.5, 0.6) is 0 Å². The van der Waals surface area contributed by atoms with E-state index in [0.29, 0.717) is 12.2 Å². The maximum atomic E-state index is 12.2. The van der Waals surface area contributed by atoms with Gasteiger partial charge in [0, 0.05) is 30.4 Å². The molecule has 0 saturated heterocycles. The zero-order valence-corrected chi connectivity index (χ0v) is 14.7. The van der Waals surface area contributed by atoms with Crippen LogP contribution in [0.3, 0.4) is 0 Å². The van der Waals surface area contributed by atoms with Crippen LogP contribution in [-0.4, -0.2) is 27.4 Å². The van der Waals surface area contributed by atoms with Crippen molar-refractivity contribution in [3.63, 3.8) is 0 Å². The van der Waals surface area contributed by atoms with Crippen molar-refractivity contribution in [3.05, 3.63) is 59.1 Å². The molecule has 0 unspecified atom stereocenters. The van der Waals surface area contributed by atoms with E-state index in [0.717, 1.165) is 29.9 Å². The molecule has 0 aliphatic heterocycles.